The number of carbonyl (C=O) groups is 1. The summed E-state index contributed by atoms with van der Waals surface area (Å²) in [7, 11) is 0. The van der Waals surface area contributed by atoms with Crippen LogP contribution in [0.4, 0.5) is 13.2 Å². The van der Waals surface area contributed by atoms with Crippen LogP contribution in [0.25, 0.3) is 5.57 Å². The van der Waals surface area contributed by atoms with E-state index >= 15 is 0 Å². The number of aliphatic carboxylic acids is 1. The molecule has 2 rings (SSSR count). The van der Waals surface area contributed by atoms with Gasteiger partial charge < -0.3 is 15.2 Å². The average molecular weight is 345 g/mol. The lowest BCUT2D eigenvalue weighted by molar-refractivity contribution is -0.192. The van der Waals surface area contributed by atoms with Crippen molar-refractivity contribution in [2.24, 2.45) is 5.92 Å². The number of hydrogen-bond donors (Lipinski definition) is 2. The van der Waals surface area contributed by atoms with Gasteiger partial charge in [-0.25, -0.2) is 4.79 Å². The lowest BCUT2D eigenvalue weighted by Gasteiger charge is -2.30. The zero-order valence-corrected chi connectivity index (χ0v) is 13.5. The van der Waals surface area contributed by atoms with E-state index < -0.39 is 12.1 Å². The van der Waals surface area contributed by atoms with Gasteiger partial charge in [0.15, 0.2) is 0 Å². The van der Waals surface area contributed by atoms with Crippen LogP contribution in [0.5, 0.6) is 0 Å². The van der Waals surface area contributed by atoms with Gasteiger partial charge in [0, 0.05) is 19.2 Å². The quantitative estimate of drug-likeness (QED) is 0.879. The molecule has 1 aromatic carbocycles. The van der Waals surface area contributed by atoms with Crippen LogP contribution in [-0.2, 0) is 9.53 Å². The molecule has 134 valence electrons. The van der Waals surface area contributed by atoms with Crippen LogP contribution in [0.1, 0.15) is 18.9 Å². The number of alkyl halides is 3. The molecule has 1 heterocycles. The van der Waals surface area contributed by atoms with Gasteiger partial charge in [-0.1, -0.05) is 43.8 Å². The van der Waals surface area contributed by atoms with E-state index in [4.69, 9.17) is 14.6 Å². The molecule has 0 bridgehead atoms. The number of carboxylic acid groups (broad SMARTS) is 1. The fraction of sp³-hybridized carbons (Fsp3) is 0.471. The smallest absolute Gasteiger partial charge is 0.475 e. The summed E-state index contributed by atoms with van der Waals surface area (Å²) in [5, 5.41) is 10.7. The van der Waals surface area contributed by atoms with Gasteiger partial charge in [0.25, 0.3) is 0 Å². The average Bonchev–Trinajstić information content (AvgIpc) is 2.54. The zero-order chi connectivity index (χ0) is 18.2. The lowest BCUT2D eigenvalue weighted by atomic mass is 9.97. The molecule has 0 amide bonds. The monoisotopic (exact) mass is 345 g/mol. The maximum Gasteiger partial charge on any atom is 0.490 e. The number of benzene rings is 1. The Hall–Kier alpha value is -1.86. The Labute approximate surface area is 139 Å². The van der Waals surface area contributed by atoms with Gasteiger partial charge in [0.05, 0.1) is 6.61 Å². The molecule has 2 unspecified atom stereocenters. The van der Waals surface area contributed by atoms with E-state index in [0.717, 1.165) is 31.8 Å². The summed E-state index contributed by atoms with van der Waals surface area (Å²) in [5.74, 6) is -2.17. The maximum atomic E-state index is 10.6. The van der Waals surface area contributed by atoms with Crippen LogP contribution in [0.2, 0.25) is 0 Å². The van der Waals surface area contributed by atoms with Crippen molar-refractivity contribution in [3.05, 3.63) is 42.5 Å². The van der Waals surface area contributed by atoms with Crippen molar-refractivity contribution in [1.29, 1.82) is 0 Å². The van der Waals surface area contributed by atoms with Crippen molar-refractivity contribution in [1.82, 2.24) is 5.32 Å². The molecular formula is C17H22F3NO3. The third kappa shape index (κ3) is 7.14. The molecule has 0 saturated carbocycles. The van der Waals surface area contributed by atoms with Crippen molar-refractivity contribution < 1.29 is 27.8 Å². The summed E-state index contributed by atoms with van der Waals surface area (Å²) >= 11 is 0. The zero-order valence-electron chi connectivity index (χ0n) is 13.5. The third-order valence-corrected chi connectivity index (χ3v) is 3.64. The van der Waals surface area contributed by atoms with Gasteiger partial charge in [-0.15, -0.1) is 0 Å². The van der Waals surface area contributed by atoms with Gasteiger partial charge in [0.1, 0.15) is 0 Å². The van der Waals surface area contributed by atoms with Crippen molar-refractivity contribution >= 4 is 11.5 Å². The van der Waals surface area contributed by atoms with Crippen LogP contribution >= 0.6 is 0 Å². The van der Waals surface area contributed by atoms with Gasteiger partial charge in [-0.3, -0.25) is 0 Å². The molecule has 1 aliphatic rings. The minimum absolute atomic E-state index is 0.559. The van der Waals surface area contributed by atoms with Crippen molar-refractivity contribution in [3.63, 3.8) is 0 Å². The molecule has 0 spiro atoms. The Morgan fingerprint density at radius 1 is 1.38 bits per heavy atom. The topological polar surface area (TPSA) is 58.6 Å². The Balaban J connectivity index is 0.000000351. The predicted molar refractivity (Wildman–Crippen MR) is 85.6 cm³/mol. The summed E-state index contributed by atoms with van der Waals surface area (Å²) < 4.78 is 37.2. The Bertz CT molecular complexity index is 532. The van der Waals surface area contributed by atoms with E-state index in [2.05, 4.69) is 43.1 Å². The van der Waals surface area contributed by atoms with E-state index in [9.17, 15) is 13.2 Å². The van der Waals surface area contributed by atoms with E-state index in [1.807, 2.05) is 6.07 Å². The van der Waals surface area contributed by atoms with E-state index in [1.165, 1.54) is 5.56 Å². The molecule has 0 radical (unpaired) electrons. The van der Waals surface area contributed by atoms with Crippen molar-refractivity contribution in [2.75, 3.05) is 19.8 Å². The van der Waals surface area contributed by atoms with Crippen LogP contribution in [0.3, 0.4) is 0 Å². The highest BCUT2D eigenvalue weighted by molar-refractivity contribution is 5.73. The van der Waals surface area contributed by atoms with Gasteiger partial charge >= 0.3 is 12.1 Å². The first-order chi connectivity index (χ1) is 11.2. The van der Waals surface area contributed by atoms with Gasteiger partial charge in [0.2, 0.25) is 0 Å². The highest BCUT2D eigenvalue weighted by atomic mass is 19.4. The Morgan fingerprint density at radius 3 is 2.46 bits per heavy atom. The summed E-state index contributed by atoms with van der Waals surface area (Å²) in [5.41, 5.74) is 2.38. The molecule has 0 aliphatic carbocycles. The molecule has 1 fully saturated rings. The summed E-state index contributed by atoms with van der Waals surface area (Å²) in [6.45, 7) is 8.98. The molecule has 2 atom stereocenters. The minimum atomic E-state index is -5.08. The van der Waals surface area contributed by atoms with Gasteiger partial charge in [-0.2, -0.15) is 13.2 Å². The largest absolute Gasteiger partial charge is 0.490 e. The molecule has 24 heavy (non-hydrogen) atoms. The van der Waals surface area contributed by atoms with Crippen LogP contribution in [0.15, 0.2) is 36.9 Å². The highest BCUT2D eigenvalue weighted by Gasteiger charge is 2.38. The van der Waals surface area contributed by atoms with E-state index in [0.29, 0.717) is 12.0 Å². The maximum absolute atomic E-state index is 10.6. The molecule has 7 heteroatoms. The third-order valence-electron chi connectivity index (χ3n) is 3.64. The van der Waals surface area contributed by atoms with Crippen LogP contribution < -0.4 is 5.32 Å². The first-order valence-electron chi connectivity index (χ1n) is 7.56. The molecule has 1 saturated heterocycles. The van der Waals surface area contributed by atoms with E-state index in [1.54, 1.807) is 0 Å². The Kier molecular flexibility index (Phi) is 7.94. The van der Waals surface area contributed by atoms with Crippen LogP contribution in [0, 0.1) is 5.92 Å². The first kappa shape index (κ1) is 20.2. The fourth-order valence-electron chi connectivity index (χ4n) is 2.21. The minimum Gasteiger partial charge on any atom is -0.475 e. The molecular weight excluding hydrogens is 323 g/mol. The van der Waals surface area contributed by atoms with Crippen molar-refractivity contribution in [2.45, 2.75) is 25.6 Å². The highest BCUT2D eigenvalue weighted by Crippen LogP contribution is 2.16. The number of hydrogen-bond acceptors (Lipinski definition) is 3. The number of carboxylic acids is 1. The lowest BCUT2D eigenvalue weighted by Crippen LogP contribution is -2.41. The summed E-state index contributed by atoms with van der Waals surface area (Å²) in [6.07, 6.45) is -3.98. The fourth-order valence-corrected chi connectivity index (χ4v) is 2.21. The Morgan fingerprint density at radius 2 is 1.96 bits per heavy atom. The second-order valence-electron chi connectivity index (χ2n) is 5.60. The molecule has 0 aromatic heterocycles. The normalized spacial score (nSPS) is 20.7. The number of nitrogens with one attached hydrogen (secondary N) is 1. The van der Waals surface area contributed by atoms with Crippen LogP contribution in [-0.4, -0.2) is 43.1 Å². The number of ether oxygens (including phenoxy) is 1. The molecule has 1 aliphatic heterocycles. The SMILES string of the molecule is C=C(CNC1CCOCC1C)c1ccccc1.O=C(O)C(F)(F)F. The molecule has 1 aromatic rings. The van der Waals surface area contributed by atoms with E-state index in [-0.39, 0.29) is 0 Å². The second kappa shape index (κ2) is 9.44. The standard InChI is InChI=1S/C15H21NO.C2HF3O2/c1-12(14-6-4-3-5-7-14)10-16-15-8-9-17-11-13(15)2;3-2(4,5)1(6)7/h3-7,13,15-16H,1,8-11H2,2H3;(H,6,7). The first-order valence-corrected chi connectivity index (χ1v) is 7.56. The molecule has 2 N–H and O–H groups in total. The number of rotatable bonds is 4. The van der Waals surface area contributed by atoms with Crippen molar-refractivity contribution in [3.8, 4) is 0 Å². The summed E-state index contributed by atoms with van der Waals surface area (Å²) in [6, 6.07) is 10.9. The summed E-state index contributed by atoms with van der Waals surface area (Å²) in [4.78, 5) is 8.90. The predicted octanol–water partition coefficient (Wildman–Crippen LogP) is 3.35. The second-order valence-corrected chi connectivity index (χ2v) is 5.60. The molecule has 4 nitrogen and oxygen atoms in total. The number of halogens is 3. The van der Waals surface area contributed by atoms with Gasteiger partial charge in [-0.05, 0) is 23.5 Å².